The Bertz CT molecular complexity index is 537. The van der Waals surface area contributed by atoms with Crippen molar-refractivity contribution in [1.29, 1.82) is 0 Å². The number of nitrogens with two attached hydrogens (primary N) is 1. The SMILES string of the molecule is CCn1nccc1C(N)c1cc(C)c(Br)c(C)c1. The molecular formula is C14H18BrN3. The van der Waals surface area contributed by atoms with E-state index in [9.17, 15) is 0 Å². The smallest absolute Gasteiger partial charge is 0.0723 e. The highest BCUT2D eigenvalue weighted by molar-refractivity contribution is 9.10. The Hall–Kier alpha value is -1.13. The van der Waals surface area contributed by atoms with Crippen molar-refractivity contribution in [3.63, 3.8) is 0 Å². The summed E-state index contributed by atoms with van der Waals surface area (Å²) in [4.78, 5) is 0. The normalized spacial score (nSPS) is 12.7. The van der Waals surface area contributed by atoms with Gasteiger partial charge in [-0.25, -0.2) is 0 Å². The summed E-state index contributed by atoms with van der Waals surface area (Å²) in [5, 5.41) is 4.27. The van der Waals surface area contributed by atoms with Crippen LogP contribution in [0, 0.1) is 13.8 Å². The van der Waals surface area contributed by atoms with E-state index >= 15 is 0 Å². The standard InChI is InChI=1S/C14H18BrN3/c1-4-18-12(5-6-17-18)14(16)11-7-9(2)13(15)10(3)8-11/h5-8,14H,4,16H2,1-3H3. The van der Waals surface area contributed by atoms with Crippen molar-refractivity contribution >= 4 is 15.9 Å². The third kappa shape index (κ3) is 2.35. The zero-order valence-electron chi connectivity index (χ0n) is 10.9. The number of halogens is 1. The van der Waals surface area contributed by atoms with E-state index in [1.54, 1.807) is 6.20 Å². The van der Waals surface area contributed by atoms with Crippen LogP contribution >= 0.6 is 15.9 Å². The van der Waals surface area contributed by atoms with Gasteiger partial charge < -0.3 is 5.73 Å². The van der Waals surface area contributed by atoms with Crippen LogP contribution in [0.1, 0.15) is 35.3 Å². The maximum Gasteiger partial charge on any atom is 0.0723 e. The molecule has 2 aromatic rings. The molecule has 18 heavy (non-hydrogen) atoms. The van der Waals surface area contributed by atoms with Gasteiger partial charge in [-0.3, -0.25) is 4.68 Å². The van der Waals surface area contributed by atoms with Gasteiger partial charge in [0.25, 0.3) is 0 Å². The molecule has 0 spiro atoms. The summed E-state index contributed by atoms with van der Waals surface area (Å²) in [7, 11) is 0. The average Bonchev–Trinajstić information content (AvgIpc) is 2.82. The van der Waals surface area contributed by atoms with Gasteiger partial charge in [-0.2, -0.15) is 5.10 Å². The van der Waals surface area contributed by atoms with Gasteiger partial charge in [-0.1, -0.05) is 28.1 Å². The predicted molar refractivity (Wildman–Crippen MR) is 77.5 cm³/mol. The average molecular weight is 308 g/mol. The number of nitrogens with zero attached hydrogens (tertiary/aromatic N) is 2. The van der Waals surface area contributed by atoms with E-state index in [0.717, 1.165) is 22.3 Å². The van der Waals surface area contributed by atoms with Gasteiger partial charge in [0.15, 0.2) is 0 Å². The van der Waals surface area contributed by atoms with Gasteiger partial charge in [-0.15, -0.1) is 0 Å². The van der Waals surface area contributed by atoms with Crippen molar-refractivity contribution in [2.45, 2.75) is 33.4 Å². The summed E-state index contributed by atoms with van der Waals surface area (Å²) in [6, 6.07) is 6.13. The first kappa shape index (κ1) is 13.3. The van der Waals surface area contributed by atoms with E-state index in [4.69, 9.17) is 5.73 Å². The fourth-order valence-corrected chi connectivity index (χ4v) is 2.43. The van der Waals surface area contributed by atoms with Gasteiger partial charge >= 0.3 is 0 Å². The van der Waals surface area contributed by atoms with Gasteiger partial charge in [0.1, 0.15) is 0 Å². The Labute approximate surface area is 116 Å². The molecule has 0 radical (unpaired) electrons. The largest absolute Gasteiger partial charge is 0.319 e. The lowest BCUT2D eigenvalue weighted by atomic mass is 10.00. The van der Waals surface area contributed by atoms with E-state index < -0.39 is 0 Å². The highest BCUT2D eigenvalue weighted by Gasteiger charge is 2.15. The molecule has 0 aliphatic rings. The Kier molecular flexibility index (Phi) is 3.88. The maximum atomic E-state index is 6.35. The maximum absolute atomic E-state index is 6.35. The minimum Gasteiger partial charge on any atom is -0.319 e. The predicted octanol–water partition coefficient (Wildman–Crippen LogP) is 3.33. The highest BCUT2D eigenvalue weighted by Crippen LogP contribution is 2.27. The summed E-state index contributed by atoms with van der Waals surface area (Å²) in [5.41, 5.74) is 11.0. The first-order valence-electron chi connectivity index (χ1n) is 6.08. The monoisotopic (exact) mass is 307 g/mol. The lowest BCUT2D eigenvalue weighted by Crippen LogP contribution is -2.17. The van der Waals surface area contributed by atoms with Gasteiger partial charge in [0.2, 0.25) is 0 Å². The van der Waals surface area contributed by atoms with Gasteiger partial charge in [0.05, 0.1) is 11.7 Å². The van der Waals surface area contributed by atoms with Crippen LogP contribution in [0.3, 0.4) is 0 Å². The third-order valence-corrected chi connectivity index (χ3v) is 4.44. The van der Waals surface area contributed by atoms with E-state index in [1.807, 2.05) is 10.7 Å². The van der Waals surface area contributed by atoms with E-state index in [0.29, 0.717) is 0 Å². The fraction of sp³-hybridized carbons (Fsp3) is 0.357. The molecule has 96 valence electrons. The van der Waals surface area contributed by atoms with Crippen LogP contribution in [0.5, 0.6) is 0 Å². The Morgan fingerprint density at radius 2 is 1.94 bits per heavy atom. The van der Waals surface area contributed by atoms with Gasteiger partial charge in [0, 0.05) is 17.2 Å². The Morgan fingerprint density at radius 1 is 1.33 bits per heavy atom. The van der Waals surface area contributed by atoms with E-state index in [2.05, 4.69) is 53.9 Å². The Balaban J connectivity index is 2.43. The molecule has 0 aliphatic carbocycles. The number of aryl methyl sites for hydroxylation is 3. The van der Waals surface area contributed by atoms with Crippen molar-refractivity contribution < 1.29 is 0 Å². The molecule has 3 nitrogen and oxygen atoms in total. The number of rotatable bonds is 3. The zero-order chi connectivity index (χ0) is 13.3. The van der Waals surface area contributed by atoms with E-state index in [1.165, 1.54) is 11.1 Å². The van der Waals surface area contributed by atoms with Crippen molar-refractivity contribution in [2.24, 2.45) is 5.73 Å². The Morgan fingerprint density at radius 3 is 2.50 bits per heavy atom. The van der Waals surface area contributed by atoms with Crippen LogP contribution in [0.4, 0.5) is 0 Å². The van der Waals surface area contributed by atoms with Crippen LogP contribution in [0.25, 0.3) is 0 Å². The molecule has 1 heterocycles. The minimum absolute atomic E-state index is 0.127. The summed E-state index contributed by atoms with van der Waals surface area (Å²) >= 11 is 3.58. The highest BCUT2D eigenvalue weighted by atomic mass is 79.9. The van der Waals surface area contributed by atoms with Crippen LogP contribution in [0.2, 0.25) is 0 Å². The number of aromatic nitrogens is 2. The lowest BCUT2D eigenvalue weighted by Gasteiger charge is -2.16. The molecule has 0 saturated heterocycles. The molecule has 1 unspecified atom stereocenters. The molecule has 1 atom stereocenters. The van der Waals surface area contributed by atoms with Crippen LogP contribution in [0.15, 0.2) is 28.9 Å². The molecule has 4 heteroatoms. The zero-order valence-corrected chi connectivity index (χ0v) is 12.5. The van der Waals surface area contributed by atoms with Crippen molar-refractivity contribution in [3.8, 4) is 0 Å². The molecule has 0 aliphatic heterocycles. The molecule has 2 rings (SSSR count). The summed E-state index contributed by atoms with van der Waals surface area (Å²) < 4.78 is 3.10. The molecule has 0 amide bonds. The molecule has 0 saturated carbocycles. The first-order chi connectivity index (χ1) is 8.54. The number of hydrogen-bond acceptors (Lipinski definition) is 2. The van der Waals surface area contributed by atoms with E-state index in [-0.39, 0.29) is 6.04 Å². The third-order valence-electron chi connectivity index (χ3n) is 3.19. The molecule has 1 aromatic carbocycles. The van der Waals surface area contributed by atoms with Crippen LogP contribution in [-0.4, -0.2) is 9.78 Å². The van der Waals surface area contributed by atoms with Crippen molar-refractivity contribution in [3.05, 3.63) is 51.3 Å². The molecule has 1 aromatic heterocycles. The fourth-order valence-electron chi connectivity index (χ4n) is 2.20. The molecule has 0 fully saturated rings. The number of hydrogen-bond donors (Lipinski definition) is 1. The quantitative estimate of drug-likeness (QED) is 0.945. The lowest BCUT2D eigenvalue weighted by molar-refractivity contribution is 0.600. The second-order valence-corrected chi connectivity index (χ2v) is 5.31. The van der Waals surface area contributed by atoms with Crippen LogP contribution in [-0.2, 0) is 6.54 Å². The molecular weight excluding hydrogens is 290 g/mol. The second-order valence-electron chi connectivity index (χ2n) is 4.52. The van der Waals surface area contributed by atoms with Crippen molar-refractivity contribution in [1.82, 2.24) is 9.78 Å². The topological polar surface area (TPSA) is 43.8 Å². The minimum atomic E-state index is -0.127. The number of benzene rings is 1. The first-order valence-corrected chi connectivity index (χ1v) is 6.87. The summed E-state index contributed by atoms with van der Waals surface area (Å²) in [6.45, 7) is 7.08. The summed E-state index contributed by atoms with van der Waals surface area (Å²) in [5.74, 6) is 0. The van der Waals surface area contributed by atoms with Crippen molar-refractivity contribution in [2.75, 3.05) is 0 Å². The molecule has 2 N–H and O–H groups in total. The molecule has 0 bridgehead atoms. The van der Waals surface area contributed by atoms with Gasteiger partial charge in [-0.05, 0) is 43.5 Å². The summed E-state index contributed by atoms with van der Waals surface area (Å²) in [6.07, 6.45) is 1.80. The van der Waals surface area contributed by atoms with Crippen LogP contribution < -0.4 is 5.73 Å². The second kappa shape index (κ2) is 5.24.